The summed E-state index contributed by atoms with van der Waals surface area (Å²) in [6.07, 6.45) is 5.17. The van der Waals surface area contributed by atoms with E-state index in [1.165, 1.54) is 5.56 Å². The number of rotatable bonds is 11. The summed E-state index contributed by atoms with van der Waals surface area (Å²) in [7, 11) is 0. The Labute approximate surface area is 168 Å². The summed E-state index contributed by atoms with van der Waals surface area (Å²) >= 11 is 0. The number of benzene rings is 1. The van der Waals surface area contributed by atoms with Crippen LogP contribution in [-0.4, -0.2) is 24.7 Å². The van der Waals surface area contributed by atoms with Gasteiger partial charge in [-0.3, -0.25) is 9.59 Å². The molecule has 1 aliphatic heterocycles. The van der Waals surface area contributed by atoms with Gasteiger partial charge in [0.05, 0.1) is 5.92 Å². The van der Waals surface area contributed by atoms with Gasteiger partial charge in [0, 0.05) is 18.9 Å². The van der Waals surface area contributed by atoms with Crippen LogP contribution in [0.5, 0.6) is 0 Å². The lowest BCUT2D eigenvalue weighted by molar-refractivity contribution is -0.203. The van der Waals surface area contributed by atoms with Crippen molar-refractivity contribution in [1.29, 1.82) is 0 Å². The first-order valence-electron chi connectivity index (χ1n) is 10.4. The summed E-state index contributed by atoms with van der Waals surface area (Å²) in [5.74, 6) is -1.46. The second-order valence-electron chi connectivity index (χ2n) is 8.00. The van der Waals surface area contributed by atoms with Gasteiger partial charge in [0.2, 0.25) is 11.8 Å². The maximum atomic E-state index is 12.9. The number of primary amides is 1. The predicted octanol–water partition coefficient (Wildman–Crippen LogP) is 3.35. The highest BCUT2D eigenvalue weighted by atomic mass is 16.8. The molecule has 1 aliphatic rings. The molecule has 0 spiro atoms. The van der Waals surface area contributed by atoms with Crippen LogP contribution < -0.4 is 11.2 Å². The Kier molecular flexibility index (Phi) is 9.44. The van der Waals surface area contributed by atoms with E-state index in [0.29, 0.717) is 19.4 Å². The Morgan fingerprint density at radius 3 is 2.57 bits per heavy atom. The average Bonchev–Trinajstić information content (AvgIpc) is 2.69. The summed E-state index contributed by atoms with van der Waals surface area (Å²) in [5, 5.41) is 0. The molecule has 1 saturated heterocycles. The van der Waals surface area contributed by atoms with Crippen LogP contribution in [0.25, 0.3) is 0 Å². The number of amides is 2. The van der Waals surface area contributed by atoms with Gasteiger partial charge < -0.3 is 10.5 Å². The number of carbonyl (C=O) groups excluding carboxylic acids is 2. The van der Waals surface area contributed by atoms with Crippen molar-refractivity contribution in [2.45, 2.75) is 65.1 Å². The molecule has 3 N–H and O–H groups in total. The van der Waals surface area contributed by atoms with Crippen molar-refractivity contribution in [3.63, 3.8) is 0 Å². The molecule has 1 unspecified atom stereocenters. The molecule has 28 heavy (non-hydrogen) atoms. The van der Waals surface area contributed by atoms with E-state index in [1.54, 1.807) is 0 Å². The van der Waals surface area contributed by atoms with Gasteiger partial charge in [-0.15, -0.1) is 0 Å². The number of ether oxygens (including phenoxy) is 1. The largest absolute Gasteiger partial charge is 0.369 e. The standard InChI is InChI=1S/C22H34N2O4/c1-16(2)15-19(21(23)25)18(12-8-11-17-9-4-3-5-10-17)22(26)24-28-20-13-6-7-14-27-20/h3-5,9-10,16,18-20H,6-8,11-15H2,1-2H3,(H2,23,25)(H,24,26)/t18-,19+,20?/m0/s1. The Morgan fingerprint density at radius 1 is 1.21 bits per heavy atom. The van der Waals surface area contributed by atoms with Gasteiger partial charge in [-0.1, -0.05) is 44.2 Å². The van der Waals surface area contributed by atoms with E-state index in [4.69, 9.17) is 15.3 Å². The molecular weight excluding hydrogens is 356 g/mol. The second-order valence-corrected chi connectivity index (χ2v) is 8.00. The summed E-state index contributed by atoms with van der Waals surface area (Å²) in [4.78, 5) is 30.4. The highest BCUT2D eigenvalue weighted by Crippen LogP contribution is 2.26. The zero-order valence-corrected chi connectivity index (χ0v) is 17.1. The zero-order valence-electron chi connectivity index (χ0n) is 17.1. The summed E-state index contributed by atoms with van der Waals surface area (Å²) in [6.45, 7) is 4.70. The van der Waals surface area contributed by atoms with Crippen molar-refractivity contribution < 1.29 is 19.2 Å². The van der Waals surface area contributed by atoms with Crippen molar-refractivity contribution in [1.82, 2.24) is 5.48 Å². The molecule has 6 heteroatoms. The topological polar surface area (TPSA) is 90.7 Å². The van der Waals surface area contributed by atoms with Crippen molar-refractivity contribution in [2.75, 3.05) is 6.61 Å². The number of nitrogens with two attached hydrogens (primary N) is 1. The molecule has 1 fully saturated rings. The minimum Gasteiger partial charge on any atom is -0.369 e. The number of aryl methyl sites for hydroxylation is 1. The van der Waals surface area contributed by atoms with Crippen LogP contribution >= 0.6 is 0 Å². The third kappa shape index (κ3) is 7.60. The van der Waals surface area contributed by atoms with Crippen LogP contribution in [0, 0.1) is 17.8 Å². The Morgan fingerprint density at radius 2 is 1.96 bits per heavy atom. The molecule has 0 radical (unpaired) electrons. The first-order chi connectivity index (χ1) is 13.5. The number of hydroxylamine groups is 1. The molecule has 1 aromatic rings. The van der Waals surface area contributed by atoms with Gasteiger partial charge in [-0.25, -0.2) is 10.3 Å². The first kappa shape index (κ1) is 22.4. The zero-order chi connectivity index (χ0) is 20.4. The van der Waals surface area contributed by atoms with Crippen LogP contribution in [0.1, 0.15) is 57.9 Å². The van der Waals surface area contributed by atoms with Crippen molar-refractivity contribution in [3.05, 3.63) is 35.9 Å². The molecule has 1 aromatic carbocycles. The molecule has 1 heterocycles. The normalized spacial score (nSPS) is 19.2. The summed E-state index contributed by atoms with van der Waals surface area (Å²) < 4.78 is 5.49. The van der Waals surface area contributed by atoms with Crippen molar-refractivity contribution in [3.8, 4) is 0 Å². The van der Waals surface area contributed by atoms with Crippen LogP contribution in [0.15, 0.2) is 30.3 Å². The summed E-state index contributed by atoms with van der Waals surface area (Å²) in [6, 6.07) is 10.1. The highest BCUT2D eigenvalue weighted by molar-refractivity contribution is 5.86. The highest BCUT2D eigenvalue weighted by Gasteiger charge is 2.33. The molecule has 0 bridgehead atoms. The van der Waals surface area contributed by atoms with Crippen molar-refractivity contribution in [2.24, 2.45) is 23.5 Å². The summed E-state index contributed by atoms with van der Waals surface area (Å²) in [5.41, 5.74) is 9.41. The van der Waals surface area contributed by atoms with Gasteiger partial charge in [-0.2, -0.15) is 0 Å². The lowest BCUT2D eigenvalue weighted by Crippen LogP contribution is -2.43. The lowest BCUT2D eigenvalue weighted by Gasteiger charge is -2.27. The van der Waals surface area contributed by atoms with Crippen LogP contribution in [0.2, 0.25) is 0 Å². The fraction of sp³-hybridized carbons (Fsp3) is 0.636. The van der Waals surface area contributed by atoms with Crippen molar-refractivity contribution >= 4 is 11.8 Å². The number of hydrogen-bond donors (Lipinski definition) is 2. The van der Waals surface area contributed by atoms with Gasteiger partial charge in [0.1, 0.15) is 0 Å². The van der Waals surface area contributed by atoms with Gasteiger partial charge in [0.15, 0.2) is 6.29 Å². The smallest absolute Gasteiger partial charge is 0.247 e. The molecule has 0 aliphatic carbocycles. The van der Waals surface area contributed by atoms with Crippen LogP contribution in [0.4, 0.5) is 0 Å². The fourth-order valence-electron chi connectivity index (χ4n) is 3.68. The number of nitrogens with one attached hydrogen (secondary N) is 1. The number of carbonyl (C=O) groups is 2. The maximum absolute atomic E-state index is 12.9. The third-order valence-electron chi connectivity index (χ3n) is 5.17. The third-order valence-corrected chi connectivity index (χ3v) is 5.17. The molecule has 2 rings (SSSR count). The molecule has 0 saturated carbocycles. The first-order valence-corrected chi connectivity index (χ1v) is 10.4. The minimum absolute atomic E-state index is 0.268. The van der Waals surface area contributed by atoms with Gasteiger partial charge in [-0.05, 0) is 50.0 Å². The van der Waals surface area contributed by atoms with E-state index in [9.17, 15) is 9.59 Å². The predicted molar refractivity (Wildman–Crippen MR) is 108 cm³/mol. The number of hydrogen-bond acceptors (Lipinski definition) is 4. The fourth-order valence-corrected chi connectivity index (χ4v) is 3.68. The molecular formula is C22H34N2O4. The van der Waals surface area contributed by atoms with E-state index >= 15 is 0 Å². The quantitative estimate of drug-likeness (QED) is 0.567. The van der Waals surface area contributed by atoms with E-state index < -0.39 is 24.0 Å². The molecule has 3 atom stereocenters. The van der Waals surface area contributed by atoms with Gasteiger partial charge in [0.25, 0.3) is 0 Å². The average molecular weight is 391 g/mol. The minimum atomic E-state index is -0.508. The maximum Gasteiger partial charge on any atom is 0.247 e. The SMILES string of the molecule is CC(C)C[C@@H](C(N)=O)[C@H](CCCc1ccccc1)C(=O)NOC1CCCCO1. The molecule has 156 valence electrons. The lowest BCUT2D eigenvalue weighted by atomic mass is 9.81. The van der Waals surface area contributed by atoms with Gasteiger partial charge >= 0.3 is 0 Å². The molecule has 2 amide bonds. The second kappa shape index (κ2) is 11.8. The van der Waals surface area contributed by atoms with Crippen LogP contribution in [-0.2, 0) is 25.6 Å². The van der Waals surface area contributed by atoms with E-state index in [1.807, 2.05) is 32.0 Å². The molecule has 0 aromatic heterocycles. The monoisotopic (exact) mass is 390 g/mol. The Hall–Kier alpha value is -1.92. The van der Waals surface area contributed by atoms with E-state index in [0.717, 1.165) is 32.1 Å². The Bertz CT molecular complexity index is 600. The van der Waals surface area contributed by atoms with E-state index in [2.05, 4.69) is 17.6 Å². The molecule has 6 nitrogen and oxygen atoms in total. The van der Waals surface area contributed by atoms with Crippen LogP contribution in [0.3, 0.4) is 0 Å². The van der Waals surface area contributed by atoms with E-state index in [-0.39, 0.29) is 11.8 Å². The Balaban J connectivity index is 1.98.